The van der Waals surface area contributed by atoms with Crippen molar-refractivity contribution in [2.75, 3.05) is 23.3 Å². The van der Waals surface area contributed by atoms with Gasteiger partial charge in [0, 0.05) is 30.5 Å². The molecule has 1 aliphatic heterocycles. The van der Waals surface area contributed by atoms with Crippen LogP contribution in [0.5, 0.6) is 0 Å². The van der Waals surface area contributed by atoms with Crippen LogP contribution in [-0.2, 0) is 11.2 Å². The Morgan fingerprint density at radius 2 is 1.50 bits per heavy atom. The van der Waals surface area contributed by atoms with Gasteiger partial charge >= 0.3 is 0 Å². The van der Waals surface area contributed by atoms with Crippen molar-refractivity contribution in [1.82, 2.24) is 5.32 Å². The largest absolute Gasteiger partial charge is 0.371 e. The maximum absolute atomic E-state index is 13.7. The van der Waals surface area contributed by atoms with Gasteiger partial charge in [-0.3, -0.25) is 9.59 Å². The average molecular weight is 512 g/mol. The molecule has 1 heterocycles. The second kappa shape index (κ2) is 9.73. The van der Waals surface area contributed by atoms with E-state index in [1.54, 1.807) is 0 Å². The van der Waals surface area contributed by atoms with E-state index in [2.05, 4.69) is 51.9 Å². The summed E-state index contributed by atoms with van der Waals surface area (Å²) in [6.45, 7) is 1.92. The van der Waals surface area contributed by atoms with E-state index in [-0.39, 0.29) is 17.2 Å². The summed E-state index contributed by atoms with van der Waals surface area (Å²) < 4.78 is 0. The summed E-state index contributed by atoms with van der Waals surface area (Å²) in [5.74, 6) is 3.08. The molecule has 2 amide bonds. The first kappa shape index (κ1) is 24.2. The number of anilines is 2. The number of piperidine rings is 1. The Morgan fingerprint density at radius 1 is 0.842 bits per heavy atom. The van der Waals surface area contributed by atoms with Crippen LogP contribution in [-0.4, -0.2) is 30.9 Å². The molecule has 38 heavy (non-hydrogen) atoms. The maximum atomic E-state index is 13.7. The smallest absolute Gasteiger partial charge is 0.253 e. The Balaban J connectivity index is 1.07. The number of amides is 2. The number of nitrogens with zero attached hydrogens (tertiary/aromatic N) is 1. The number of hydrogen-bond donors (Lipinski definition) is 2. The van der Waals surface area contributed by atoms with Crippen molar-refractivity contribution in [2.24, 2.45) is 29.1 Å². The SMILES string of the molecule is O=C(NC1CC1)c1cc(NC(=O)C23CC4CC(CC(C4)C2)C3)ccc1N1CCC(Cc2ccccc2)CC1. The van der Waals surface area contributed by atoms with Crippen LogP contribution in [0.4, 0.5) is 11.4 Å². The van der Waals surface area contributed by atoms with Crippen LogP contribution in [0.25, 0.3) is 0 Å². The van der Waals surface area contributed by atoms with Crippen LogP contribution < -0.4 is 15.5 Å². The normalized spacial score (nSPS) is 30.3. The average Bonchev–Trinajstić information content (AvgIpc) is 3.73. The van der Waals surface area contributed by atoms with E-state index in [0.29, 0.717) is 17.5 Å². The van der Waals surface area contributed by atoms with Crippen molar-refractivity contribution in [3.63, 3.8) is 0 Å². The van der Waals surface area contributed by atoms with E-state index < -0.39 is 0 Å². The van der Waals surface area contributed by atoms with Gasteiger partial charge in [-0.15, -0.1) is 0 Å². The second-order valence-corrected chi connectivity index (χ2v) is 13.3. The predicted molar refractivity (Wildman–Crippen MR) is 151 cm³/mol. The van der Waals surface area contributed by atoms with Gasteiger partial charge in [0.05, 0.1) is 11.0 Å². The first-order chi connectivity index (χ1) is 18.5. The van der Waals surface area contributed by atoms with Crippen molar-refractivity contribution in [2.45, 2.75) is 76.7 Å². The summed E-state index contributed by atoms with van der Waals surface area (Å²) >= 11 is 0. The fourth-order valence-electron chi connectivity index (χ4n) is 8.54. The summed E-state index contributed by atoms with van der Waals surface area (Å²) in [4.78, 5) is 29.4. The van der Waals surface area contributed by atoms with Gasteiger partial charge in [-0.25, -0.2) is 0 Å². The Morgan fingerprint density at radius 3 is 2.13 bits per heavy atom. The minimum Gasteiger partial charge on any atom is -0.371 e. The number of carbonyl (C=O) groups is 2. The minimum atomic E-state index is -0.190. The second-order valence-electron chi connectivity index (χ2n) is 13.3. The zero-order chi connectivity index (χ0) is 25.7. The molecule has 8 rings (SSSR count). The fourth-order valence-corrected chi connectivity index (χ4v) is 8.54. The molecule has 5 heteroatoms. The van der Waals surface area contributed by atoms with Crippen molar-refractivity contribution < 1.29 is 9.59 Å². The van der Waals surface area contributed by atoms with Crippen LogP contribution in [0.15, 0.2) is 48.5 Å². The molecule has 4 bridgehead atoms. The van der Waals surface area contributed by atoms with E-state index in [9.17, 15) is 9.59 Å². The maximum Gasteiger partial charge on any atom is 0.253 e. The van der Waals surface area contributed by atoms with Gasteiger partial charge in [-0.2, -0.15) is 0 Å². The van der Waals surface area contributed by atoms with E-state index >= 15 is 0 Å². The molecule has 200 valence electrons. The molecule has 0 aromatic heterocycles. The molecular formula is C33H41N3O2. The van der Waals surface area contributed by atoms with Crippen molar-refractivity contribution in [3.05, 3.63) is 59.7 Å². The molecule has 6 aliphatic rings. The number of rotatable bonds is 7. The number of benzene rings is 2. The molecule has 5 saturated carbocycles. The van der Waals surface area contributed by atoms with Crippen LogP contribution in [0.3, 0.4) is 0 Å². The molecule has 2 N–H and O–H groups in total. The minimum absolute atomic E-state index is 0.000174. The highest BCUT2D eigenvalue weighted by molar-refractivity contribution is 6.03. The zero-order valence-electron chi connectivity index (χ0n) is 22.5. The lowest BCUT2D eigenvalue weighted by molar-refractivity contribution is -0.140. The number of carbonyl (C=O) groups excluding carboxylic acids is 2. The molecule has 0 atom stereocenters. The zero-order valence-corrected chi connectivity index (χ0v) is 22.5. The third kappa shape index (κ3) is 4.85. The Hall–Kier alpha value is -2.82. The lowest BCUT2D eigenvalue weighted by Gasteiger charge is -2.55. The third-order valence-electron chi connectivity index (χ3n) is 10.3. The first-order valence-corrected chi connectivity index (χ1v) is 15.1. The summed E-state index contributed by atoms with van der Waals surface area (Å²) in [7, 11) is 0. The highest BCUT2D eigenvalue weighted by Crippen LogP contribution is 2.60. The summed E-state index contributed by atoms with van der Waals surface area (Å²) in [6.07, 6.45) is 12.6. The fraction of sp³-hybridized carbons (Fsp3) is 0.576. The topological polar surface area (TPSA) is 61.4 Å². The van der Waals surface area contributed by atoms with Gasteiger partial charge in [0.1, 0.15) is 0 Å². The summed E-state index contributed by atoms with van der Waals surface area (Å²) in [5.41, 5.74) is 3.71. The Labute approximate surface area is 226 Å². The Kier molecular flexibility index (Phi) is 6.21. The quantitative estimate of drug-likeness (QED) is 0.466. The highest BCUT2D eigenvalue weighted by atomic mass is 16.2. The molecule has 2 aromatic rings. The van der Waals surface area contributed by atoms with Crippen molar-refractivity contribution in [1.29, 1.82) is 0 Å². The molecule has 1 saturated heterocycles. The van der Waals surface area contributed by atoms with Gasteiger partial charge < -0.3 is 15.5 Å². The molecule has 5 nitrogen and oxygen atoms in total. The predicted octanol–water partition coefficient (Wildman–Crippen LogP) is 6.19. The summed E-state index contributed by atoms with van der Waals surface area (Å²) in [5, 5.41) is 6.49. The van der Waals surface area contributed by atoms with Crippen LogP contribution in [0, 0.1) is 29.1 Å². The van der Waals surface area contributed by atoms with Gasteiger partial charge in [0.25, 0.3) is 5.91 Å². The highest BCUT2D eigenvalue weighted by Gasteiger charge is 2.54. The molecule has 0 radical (unpaired) electrons. The van der Waals surface area contributed by atoms with E-state index in [4.69, 9.17) is 0 Å². The summed E-state index contributed by atoms with van der Waals surface area (Å²) in [6, 6.07) is 17.1. The number of hydrogen-bond acceptors (Lipinski definition) is 3. The van der Waals surface area contributed by atoms with Crippen LogP contribution in [0.1, 0.15) is 80.1 Å². The van der Waals surface area contributed by atoms with Crippen molar-refractivity contribution >= 4 is 23.2 Å². The Bertz CT molecular complexity index is 1160. The van der Waals surface area contributed by atoms with Gasteiger partial charge in [0.2, 0.25) is 5.91 Å². The lowest BCUT2D eigenvalue weighted by Crippen LogP contribution is -2.51. The third-order valence-corrected chi connectivity index (χ3v) is 10.3. The van der Waals surface area contributed by atoms with Gasteiger partial charge in [-0.05, 0) is 118 Å². The van der Waals surface area contributed by atoms with Crippen molar-refractivity contribution in [3.8, 4) is 0 Å². The molecule has 2 aromatic carbocycles. The van der Waals surface area contributed by atoms with E-state index in [1.165, 1.54) is 24.8 Å². The standard InChI is InChI=1S/C33H41N3O2/c37-31(34-27-6-7-27)29-18-28(35-32(38)33-19-24-15-25(20-33)17-26(16-24)21-33)8-9-30(29)36-12-10-23(11-13-36)14-22-4-2-1-3-5-22/h1-5,8-9,18,23-27H,6-7,10-17,19-21H2,(H,34,37)(H,35,38). The molecule has 0 spiro atoms. The lowest BCUT2D eigenvalue weighted by atomic mass is 9.49. The van der Waals surface area contributed by atoms with E-state index in [0.717, 1.165) is 93.6 Å². The van der Waals surface area contributed by atoms with Gasteiger partial charge in [-0.1, -0.05) is 30.3 Å². The molecule has 5 aliphatic carbocycles. The van der Waals surface area contributed by atoms with Crippen LogP contribution in [0.2, 0.25) is 0 Å². The molecule has 6 fully saturated rings. The van der Waals surface area contributed by atoms with E-state index in [1.807, 2.05) is 12.1 Å². The van der Waals surface area contributed by atoms with Gasteiger partial charge in [0.15, 0.2) is 0 Å². The molecular weight excluding hydrogens is 470 g/mol. The molecule has 0 unspecified atom stereocenters. The van der Waals surface area contributed by atoms with Crippen LogP contribution >= 0.6 is 0 Å². The monoisotopic (exact) mass is 511 g/mol. The first-order valence-electron chi connectivity index (χ1n) is 15.1. The number of nitrogens with one attached hydrogen (secondary N) is 2.